The Labute approximate surface area is 245 Å². The van der Waals surface area contributed by atoms with Crippen molar-refractivity contribution in [3.8, 4) is 0 Å². The van der Waals surface area contributed by atoms with Gasteiger partial charge in [-0.3, -0.25) is 4.79 Å². The van der Waals surface area contributed by atoms with Gasteiger partial charge in [-0.05, 0) is 84.7 Å². The van der Waals surface area contributed by atoms with E-state index in [0.717, 1.165) is 35.6 Å². The molecule has 1 aliphatic carbocycles. The minimum Gasteiger partial charge on any atom is -0.337 e. The van der Waals surface area contributed by atoms with Crippen LogP contribution in [0.15, 0.2) is 78.0 Å². The summed E-state index contributed by atoms with van der Waals surface area (Å²) in [6, 6.07) is 15.4. The van der Waals surface area contributed by atoms with Gasteiger partial charge >= 0.3 is 0 Å². The fourth-order valence-corrected chi connectivity index (χ4v) is 6.87. The van der Waals surface area contributed by atoms with Gasteiger partial charge in [-0.15, -0.1) is 0 Å². The Balaban J connectivity index is 1.47. The van der Waals surface area contributed by atoms with Gasteiger partial charge in [0.2, 0.25) is 15.9 Å². The molecule has 0 unspecified atom stereocenters. The second-order valence-electron chi connectivity index (χ2n) is 11.0. The smallest absolute Gasteiger partial charge is 0.241 e. The third-order valence-corrected chi connectivity index (χ3v) is 9.32. The van der Waals surface area contributed by atoms with Crippen molar-refractivity contribution >= 4 is 21.6 Å². The van der Waals surface area contributed by atoms with Crippen molar-refractivity contribution in [3.63, 3.8) is 0 Å². The first-order valence-electron chi connectivity index (χ1n) is 13.9. The monoisotopic (exact) mass is 592 g/mol. The molecule has 1 aliphatic rings. The second kappa shape index (κ2) is 12.1. The number of nitrogens with zero attached hydrogens (tertiary/aromatic N) is 3. The van der Waals surface area contributed by atoms with E-state index in [-0.39, 0.29) is 29.3 Å². The molecule has 0 radical (unpaired) electrons. The molecule has 0 spiro atoms. The molecule has 0 aliphatic heterocycles. The van der Waals surface area contributed by atoms with E-state index in [1.165, 1.54) is 12.1 Å². The molecule has 1 amide bonds. The fraction of sp³-hybridized carbons (Fsp3) is 0.312. The SMILES string of the molecule is Cc1cccc(S(=O)(=O)N[C@H]2CCCc3ccc(N(Cc4nccn4C)C(=O)C[C@H](C)c4ccc(F)cc4F)cc32)c1. The molecule has 42 heavy (non-hydrogen) atoms. The molecule has 0 saturated heterocycles. The quantitative estimate of drug-likeness (QED) is 0.255. The molecule has 0 fully saturated rings. The lowest BCUT2D eigenvalue weighted by Gasteiger charge is -2.30. The zero-order valence-corrected chi connectivity index (χ0v) is 24.7. The zero-order chi connectivity index (χ0) is 30.0. The summed E-state index contributed by atoms with van der Waals surface area (Å²) in [5.74, 6) is -1.48. The highest BCUT2D eigenvalue weighted by molar-refractivity contribution is 7.89. The van der Waals surface area contributed by atoms with Gasteiger partial charge in [0.05, 0.1) is 11.4 Å². The Hall–Kier alpha value is -3.89. The highest BCUT2D eigenvalue weighted by atomic mass is 32.2. The number of halogens is 2. The van der Waals surface area contributed by atoms with E-state index in [1.54, 1.807) is 42.4 Å². The van der Waals surface area contributed by atoms with Crippen LogP contribution in [-0.2, 0) is 34.8 Å². The van der Waals surface area contributed by atoms with Crippen LogP contribution in [0.4, 0.5) is 14.5 Å². The normalized spacial score (nSPS) is 15.7. The number of fused-ring (bicyclic) bond motifs is 1. The number of sulfonamides is 1. The molecular weight excluding hydrogens is 558 g/mol. The van der Waals surface area contributed by atoms with E-state index in [4.69, 9.17) is 0 Å². The van der Waals surface area contributed by atoms with Gasteiger partial charge in [0.15, 0.2) is 0 Å². The Morgan fingerprint density at radius 3 is 2.67 bits per heavy atom. The minimum absolute atomic E-state index is 0.0204. The number of rotatable bonds is 9. The number of imidazole rings is 1. The average Bonchev–Trinajstić information content (AvgIpc) is 3.35. The third kappa shape index (κ3) is 6.44. The molecule has 10 heteroatoms. The first-order chi connectivity index (χ1) is 20.0. The number of amides is 1. The first-order valence-corrected chi connectivity index (χ1v) is 15.4. The van der Waals surface area contributed by atoms with Crippen molar-refractivity contribution in [2.24, 2.45) is 7.05 Å². The van der Waals surface area contributed by atoms with Gasteiger partial charge in [-0.25, -0.2) is 26.9 Å². The lowest BCUT2D eigenvalue weighted by Crippen LogP contribution is -2.34. The van der Waals surface area contributed by atoms with Gasteiger partial charge in [-0.1, -0.05) is 31.2 Å². The molecule has 1 aromatic heterocycles. The van der Waals surface area contributed by atoms with E-state index in [1.807, 2.05) is 42.8 Å². The number of aromatic nitrogens is 2. The van der Waals surface area contributed by atoms with E-state index in [2.05, 4.69) is 9.71 Å². The number of hydrogen-bond donors (Lipinski definition) is 1. The molecule has 2 atom stereocenters. The largest absolute Gasteiger partial charge is 0.337 e. The van der Waals surface area contributed by atoms with Gasteiger partial charge in [0, 0.05) is 43.7 Å². The van der Waals surface area contributed by atoms with Crippen LogP contribution < -0.4 is 9.62 Å². The maximum Gasteiger partial charge on any atom is 0.241 e. The van der Waals surface area contributed by atoms with Crippen LogP contribution >= 0.6 is 0 Å². The Morgan fingerprint density at radius 1 is 1.14 bits per heavy atom. The van der Waals surface area contributed by atoms with Crippen LogP contribution in [0.25, 0.3) is 0 Å². The van der Waals surface area contributed by atoms with Crippen LogP contribution in [0.3, 0.4) is 0 Å². The predicted molar refractivity (Wildman–Crippen MR) is 157 cm³/mol. The molecule has 220 valence electrons. The number of benzene rings is 3. The van der Waals surface area contributed by atoms with E-state index in [9.17, 15) is 22.0 Å². The number of anilines is 1. The Kier molecular flexibility index (Phi) is 8.56. The molecule has 1 heterocycles. The number of carbonyl (C=O) groups is 1. The first kappa shape index (κ1) is 29.6. The van der Waals surface area contributed by atoms with Crippen molar-refractivity contribution in [1.29, 1.82) is 0 Å². The van der Waals surface area contributed by atoms with Gasteiger partial charge < -0.3 is 9.47 Å². The Morgan fingerprint density at radius 2 is 1.95 bits per heavy atom. The van der Waals surface area contributed by atoms with Crippen molar-refractivity contribution in [1.82, 2.24) is 14.3 Å². The van der Waals surface area contributed by atoms with Crippen molar-refractivity contribution in [3.05, 3.63) is 113 Å². The van der Waals surface area contributed by atoms with Crippen LogP contribution in [0, 0.1) is 18.6 Å². The standard InChI is InChI=1S/C32H34F2N4O3S/c1-21-6-4-8-26(16-21)42(40,41)36-30-9-5-7-23-10-12-25(19-28(23)30)38(20-31-35-14-15-37(31)3)32(39)17-22(2)27-13-11-24(33)18-29(27)34/h4,6,8,10-16,18-19,22,30,36H,5,7,9,17,20H2,1-3H3/t22-,30-/m0/s1. The van der Waals surface area contributed by atoms with Crippen LogP contribution in [0.1, 0.15) is 66.2 Å². The molecule has 3 aromatic carbocycles. The molecule has 5 rings (SSSR count). The summed E-state index contributed by atoms with van der Waals surface area (Å²) in [6.45, 7) is 3.75. The number of hydrogen-bond acceptors (Lipinski definition) is 4. The highest BCUT2D eigenvalue weighted by Gasteiger charge is 2.29. The third-order valence-electron chi connectivity index (χ3n) is 7.85. The summed E-state index contributed by atoms with van der Waals surface area (Å²) in [4.78, 5) is 20.0. The summed E-state index contributed by atoms with van der Waals surface area (Å²) in [6.07, 6.45) is 5.66. The summed E-state index contributed by atoms with van der Waals surface area (Å²) in [5, 5.41) is 0. The maximum atomic E-state index is 14.5. The molecule has 7 nitrogen and oxygen atoms in total. The van der Waals surface area contributed by atoms with E-state index in [0.29, 0.717) is 17.9 Å². The van der Waals surface area contributed by atoms with Crippen LogP contribution in [0.5, 0.6) is 0 Å². The Bertz CT molecular complexity index is 1720. The van der Waals surface area contributed by atoms with Crippen LogP contribution in [-0.4, -0.2) is 23.9 Å². The lowest BCUT2D eigenvalue weighted by molar-refractivity contribution is -0.119. The van der Waals surface area contributed by atoms with E-state index < -0.39 is 33.6 Å². The summed E-state index contributed by atoms with van der Waals surface area (Å²) >= 11 is 0. The molecule has 0 bridgehead atoms. The van der Waals surface area contributed by atoms with Gasteiger partial charge in [0.1, 0.15) is 17.5 Å². The van der Waals surface area contributed by atoms with Crippen LogP contribution in [0.2, 0.25) is 0 Å². The molecule has 1 N–H and O–H groups in total. The molecular formula is C32H34F2N4O3S. The lowest BCUT2D eigenvalue weighted by atomic mass is 9.87. The highest BCUT2D eigenvalue weighted by Crippen LogP contribution is 2.35. The summed E-state index contributed by atoms with van der Waals surface area (Å²) in [7, 11) is -1.94. The van der Waals surface area contributed by atoms with Gasteiger partial charge in [-0.2, -0.15) is 0 Å². The maximum absolute atomic E-state index is 14.5. The number of carbonyl (C=O) groups excluding carboxylic acids is 1. The molecule has 0 saturated carbocycles. The topological polar surface area (TPSA) is 84.3 Å². The second-order valence-corrected chi connectivity index (χ2v) is 12.7. The van der Waals surface area contributed by atoms with Gasteiger partial charge in [0.25, 0.3) is 0 Å². The summed E-state index contributed by atoms with van der Waals surface area (Å²) < 4.78 is 59.3. The minimum atomic E-state index is -3.78. The number of nitrogens with one attached hydrogen (secondary N) is 1. The molecule has 4 aromatic rings. The number of aryl methyl sites for hydroxylation is 3. The predicted octanol–water partition coefficient (Wildman–Crippen LogP) is 6.09. The van der Waals surface area contributed by atoms with E-state index >= 15 is 0 Å². The fourth-order valence-electron chi connectivity index (χ4n) is 5.51. The van der Waals surface area contributed by atoms with Crippen molar-refractivity contribution < 1.29 is 22.0 Å². The average molecular weight is 593 g/mol. The zero-order valence-electron chi connectivity index (χ0n) is 23.8. The summed E-state index contributed by atoms with van der Waals surface area (Å²) in [5.41, 5.74) is 3.55. The van der Waals surface area contributed by atoms with Crippen molar-refractivity contribution in [2.75, 3.05) is 4.90 Å². The van der Waals surface area contributed by atoms with Crippen molar-refractivity contribution in [2.45, 2.75) is 62.9 Å².